The van der Waals surface area contributed by atoms with E-state index in [1.807, 2.05) is 31.2 Å². The second-order valence-electron chi connectivity index (χ2n) is 4.73. The monoisotopic (exact) mass is 316 g/mol. The van der Waals surface area contributed by atoms with Gasteiger partial charge in [0.25, 0.3) is 0 Å². The molecule has 0 spiro atoms. The molecule has 22 heavy (non-hydrogen) atoms. The lowest BCUT2D eigenvalue weighted by atomic mass is 10.1. The molecule has 2 heterocycles. The molecule has 0 amide bonds. The second kappa shape index (κ2) is 6.20. The van der Waals surface area contributed by atoms with Gasteiger partial charge < -0.3 is 10.5 Å². The van der Waals surface area contributed by atoms with Gasteiger partial charge in [-0.3, -0.25) is 0 Å². The number of hydrogen-bond acceptors (Lipinski definition) is 7. The number of nitrogens with two attached hydrogens (primary N) is 1. The van der Waals surface area contributed by atoms with Crippen molar-refractivity contribution in [1.82, 2.24) is 25.2 Å². The van der Waals surface area contributed by atoms with E-state index in [0.29, 0.717) is 18.1 Å². The van der Waals surface area contributed by atoms with Gasteiger partial charge in [0, 0.05) is 13.0 Å². The second-order valence-corrected chi connectivity index (χ2v) is 5.89. The minimum atomic E-state index is 0.337. The largest absolute Gasteiger partial charge is 0.497 e. The minimum absolute atomic E-state index is 0.337. The summed E-state index contributed by atoms with van der Waals surface area (Å²) in [6, 6.07) is 7.89. The highest BCUT2D eigenvalue weighted by Gasteiger charge is 2.16. The number of rotatable bonds is 5. The van der Waals surface area contributed by atoms with E-state index >= 15 is 0 Å². The summed E-state index contributed by atoms with van der Waals surface area (Å²) in [7, 11) is 1.65. The van der Waals surface area contributed by atoms with Crippen molar-refractivity contribution < 1.29 is 4.74 Å². The Morgan fingerprint density at radius 1 is 1.18 bits per heavy atom. The molecular weight excluding hydrogens is 300 g/mol. The lowest BCUT2D eigenvalue weighted by Gasteiger charge is -2.06. The van der Waals surface area contributed by atoms with Crippen molar-refractivity contribution in [2.45, 2.75) is 19.9 Å². The third-order valence-corrected chi connectivity index (χ3v) is 4.08. The molecule has 1 aromatic carbocycles. The summed E-state index contributed by atoms with van der Waals surface area (Å²) >= 11 is 1.47. The van der Waals surface area contributed by atoms with Crippen LogP contribution in [-0.2, 0) is 13.0 Å². The zero-order chi connectivity index (χ0) is 15.5. The maximum atomic E-state index is 5.78. The number of nitrogens with zero attached hydrogens (tertiary/aromatic N) is 5. The molecule has 0 radical (unpaired) electrons. The topological polar surface area (TPSA) is 91.7 Å². The standard InChI is InChI=1S/C14H16N6OS/c1-9-16-18-14(22-9)20-13(12(8-15)17-19-20)7-10-3-5-11(21-2)6-4-10/h3-6H,7-8,15H2,1-2H3. The van der Waals surface area contributed by atoms with E-state index in [0.717, 1.165) is 27.7 Å². The van der Waals surface area contributed by atoms with Gasteiger partial charge in [-0.25, -0.2) is 0 Å². The van der Waals surface area contributed by atoms with Crippen LogP contribution in [0.5, 0.6) is 5.75 Å². The first-order chi connectivity index (χ1) is 10.7. The molecule has 0 atom stereocenters. The van der Waals surface area contributed by atoms with E-state index in [1.54, 1.807) is 11.8 Å². The average Bonchev–Trinajstić information content (AvgIpc) is 3.14. The lowest BCUT2D eigenvalue weighted by molar-refractivity contribution is 0.414. The van der Waals surface area contributed by atoms with Crippen molar-refractivity contribution in [2.75, 3.05) is 7.11 Å². The highest BCUT2D eigenvalue weighted by molar-refractivity contribution is 7.13. The highest BCUT2D eigenvalue weighted by atomic mass is 32.1. The number of aromatic nitrogens is 5. The van der Waals surface area contributed by atoms with Gasteiger partial charge in [-0.2, -0.15) is 4.68 Å². The smallest absolute Gasteiger partial charge is 0.234 e. The molecule has 8 heteroatoms. The van der Waals surface area contributed by atoms with Crippen molar-refractivity contribution in [3.05, 3.63) is 46.2 Å². The van der Waals surface area contributed by atoms with Gasteiger partial charge >= 0.3 is 0 Å². The summed E-state index contributed by atoms with van der Waals surface area (Å²) in [6.07, 6.45) is 0.669. The van der Waals surface area contributed by atoms with Crippen LogP contribution in [0, 0.1) is 6.92 Å². The first-order valence-corrected chi connectivity index (χ1v) is 7.60. The molecular formula is C14H16N6OS. The average molecular weight is 316 g/mol. The van der Waals surface area contributed by atoms with E-state index in [-0.39, 0.29) is 0 Å². The third kappa shape index (κ3) is 2.83. The summed E-state index contributed by atoms with van der Waals surface area (Å²) < 4.78 is 6.90. The lowest BCUT2D eigenvalue weighted by Crippen LogP contribution is -2.07. The van der Waals surface area contributed by atoms with Crippen molar-refractivity contribution in [3.63, 3.8) is 0 Å². The summed E-state index contributed by atoms with van der Waals surface area (Å²) in [6.45, 7) is 2.24. The van der Waals surface area contributed by atoms with Crippen LogP contribution in [0.25, 0.3) is 5.13 Å². The fourth-order valence-electron chi connectivity index (χ4n) is 2.13. The van der Waals surface area contributed by atoms with Gasteiger partial charge in [0.15, 0.2) is 0 Å². The zero-order valence-corrected chi connectivity index (χ0v) is 13.2. The molecule has 0 fully saturated rings. The van der Waals surface area contributed by atoms with Crippen LogP contribution in [0.3, 0.4) is 0 Å². The maximum Gasteiger partial charge on any atom is 0.234 e. The molecule has 3 rings (SSSR count). The minimum Gasteiger partial charge on any atom is -0.497 e. The Hall–Kier alpha value is -2.32. The van der Waals surface area contributed by atoms with Crippen molar-refractivity contribution in [3.8, 4) is 10.9 Å². The quantitative estimate of drug-likeness (QED) is 0.766. The first kappa shape index (κ1) is 14.6. The van der Waals surface area contributed by atoms with Crippen LogP contribution in [-0.4, -0.2) is 32.3 Å². The van der Waals surface area contributed by atoms with E-state index in [2.05, 4.69) is 20.5 Å². The Morgan fingerprint density at radius 3 is 2.55 bits per heavy atom. The van der Waals surface area contributed by atoms with Crippen molar-refractivity contribution in [1.29, 1.82) is 0 Å². The maximum absolute atomic E-state index is 5.78. The Bertz CT molecular complexity index is 764. The fraction of sp³-hybridized carbons (Fsp3) is 0.286. The van der Waals surface area contributed by atoms with Gasteiger partial charge in [0.05, 0.1) is 12.8 Å². The van der Waals surface area contributed by atoms with Gasteiger partial charge in [0.1, 0.15) is 16.5 Å². The summed E-state index contributed by atoms with van der Waals surface area (Å²) in [4.78, 5) is 0. The van der Waals surface area contributed by atoms with Gasteiger partial charge in [-0.05, 0) is 24.6 Å². The normalized spacial score (nSPS) is 10.9. The highest BCUT2D eigenvalue weighted by Crippen LogP contribution is 2.20. The van der Waals surface area contributed by atoms with Crippen molar-refractivity contribution >= 4 is 11.3 Å². The molecule has 0 saturated carbocycles. The molecule has 0 aliphatic heterocycles. The molecule has 7 nitrogen and oxygen atoms in total. The molecule has 0 aliphatic rings. The summed E-state index contributed by atoms with van der Waals surface area (Å²) in [5.41, 5.74) is 8.60. The third-order valence-electron chi connectivity index (χ3n) is 3.26. The van der Waals surface area contributed by atoms with Crippen LogP contribution in [0.1, 0.15) is 22.0 Å². The molecule has 0 saturated heterocycles. The zero-order valence-electron chi connectivity index (χ0n) is 12.4. The number of hydrogen-bond donors (Lipinski definition) is 1. The van der Waals surface area contributed by atoms with Crippen LogP contribution >= 0.6 is 11.3 Å². The summed E-state index contributed by atoms with van der Waals surface area (Å²) in [5, 5.41) is 18.1. The fourth-order valence-corrected chi connectivity index (χ4v) is 2.79. The van der Waals surface area contributed by atoms with E-state index in [1.165, 1.54) is 11.3 Å². The number of aryl methyl sites for hydroxylation is 1. The Morgan fingerprint density at radius 2 is 1.95 bits per heavy atom. The molecule has 0 unspecified atom stereocenters. The predicted molar refractivity (Wildman–Crippen MR) is 83.3 cm³/mol. The SMILES string of the molecule is COc1ccc(Cc2c(CN)nnn2-c2nnc(C)s2)cc1. The molecule has 2 aromatic heterocycles. The van der Waals surface area contributed by atoms with Crippen molar-refractivity contribution in [2.24, 2.45) is 5.73 Å². The van der Waals surface area contributed by atoms with Crippen LogP contribution in [0.4, 0.5) is 0 Å². The summed E-state index contributed by atoms with van der Waals surface area (Å²) in [5.74, 6) is 0.828. The Labute approximate surface area is 131 Å². The van der Waals surface area contributed by atoms with Gasteiger partial charge in [-0.15, -0.1) is 15.3 Å². The van der Waals surface area contributed by atoms with Crippen LogP contribution < -0.4 is 10.5 Å². The predicted octanol–water partition coefficient (Wildman–Crippen LogP) is 1.49. The molecule has 2 N–H and O–H groups in total. The van der Waals surface area contributed by atoms with Gasteiger partial charge in [-0.1, -0.05) is 28.7 Å². The van der Waals surface area contributed by atoms with Crippen LogP contribution in [0.2, 0.25) is 0 Å². The Kier molecular flexibility index (Phi) is 4.12. The first-order valence-electron chi connectivity index (χ1n) is 6.78. The number of methoxy groups -OCH3 is 1. The molecule has 114 valence electrons. The van der Waals surface area contributed by atoms with E-state index < -0.39 is 0 Å². The Balaban J connectivity index is 1.95. The number of benzene rings is 1. The van der Waals surface area contributed by atoms with E-state index in [9.17, 15) is 0 Å². The van der Waals surface area contributed by atoms with E-state index in [4.69, 9.17) is 10.5 Å². The molecule has 0 aliphatic carbocycles. The molecule has 0 bridgehead atoms. The number of ether oxygens (including phenoxy) is 1. The molecule has 3 aromatic rings. The van der Waals surface area contributed by atoms with Gasteiger partial charge in [0.2, 0.25) is 5.13 Å². The van der Waals surface area contributed by atoms with Crippen LogP contribution in [0.15, 0.2) is 24.3 Å².